The molecule has 5 heteroatoms. The monoisotopic (exact) mass is 372 g/mol. The first kappa shape index (κ1) is 18.9. The van der Waals surface area contributed by atoms with Crippen LogP contribution in [-0.4, -0.2) is 29.6 Å². The van der Waals surface area contributed by atoms with Crippen molar-refractivity contribution in [3.8, 4) is 0 Å². The number of thioether (sulfide) groups is 1. The number of carbonyl (C=O) groups is 1. The topological polar surface area (TPSA) is 32.3 Å². The second kappa shape index (κ2) is 9.19. The highest BCUT2D eigenvalue weighted by Gasteiger charge is 2.25. The summed E-state index contributed by atoms with van der Waals surface area (Å²) in [5.41, 5.74) is 1.62. The summed E-state index contributed by atoms with van der Waals surface area (Å²) in [4.78, 5) is 16.0. The van der Waals surface area contributed by atoms with E-state index in [1.807, 2.05) is 36.4 Å². The molecule has 1 N–H and O–H groups in total. The average Bonchev–Trinajstić information content (AvgIpc) is 2.66. The average molecular weight is 373 g/mol. The summed E-state index contributed by atoms with van der Waals surface area (Å²) in [6, 6.07) is 14.9. The molecule has 138 valence electrons. The first-order valence-corrected chi connectivity index (χ1v) is 10.1. The number of hydrogen-bond acceptors (Lipinski definition) is 3. The zero-order valence-electron chi connectivity index (χ0n) is 15.1. The Labute approximate surface area is 159 Å². The number of piperidine rings is 1. The van der Waals surface area contributed by atoms with E-state index in [4.69, 9.17) is 0 Å². The van der Waals surface area contributed by atoms with Crippen molar-refractivity contribution in [3.05, 3.63) is 59.9 Å². The standard InChI is InChI=1S/C21H25FN2OS/c1-2-26-20-10-6-5-9-19(20)23-21(25)16-11-13-24(14-12-16)15-17-7-3-4-8-18(17)22/h3-10,16H,2,11-15H2,1H3,(H,23,25). The molecular formula is C21H25FN2OS. The van der Waals surface area contributed by atoms with Gasteiger partial charge in [0.1, 0.15) is 5.82 Å². The smallest absolute Gasteiger partial charge is 0.227 e. The lowest BCUT2D eigenvalue weighted by atomic mass is 9.95. The van der Waals surface area contributed by atoms with Gasteiger partial charge >= 0.3 is 0 Å². The van der Waals surface area contributed by atoms with E-state index in [0.717, 1.165) is 47.8 Å². The molecule has 0 saturated carbocycles. The first-order chi connectivity index (χ1) is 12.7. The number of amides is 1. The Bertz CT molecular complexity index is 744. The van der Waals surface area contributed by atoms with Gasteiger partial charge in [-0.1, -0.05) is 37.3 Å². The Morgan fingerprint density at radius 2 is 1.85 bits per heavy atom. The molecule has 1 saturated heterocycles. The zero-order chi connectivity index (χ0) is 18.4. The normalized spacial score (nSPS) is 15.8. The highest BCUT2D eigenvalue weighted by Crippen LogP contribution is 2.28. The molecule has 1 aliphatic rings. The fourth-order valence-electron chi connectivity index (χ4n) is 3.31. The van der Waals surface area contributed by atoms with Crippen molar-refractivity contribution >= 4 is 23.4 Å². The quantitative estimate of drug-likeness (QED) is 0.740. The van der Waals surface area contributed by atoms with E-state index < -0.39 is 0 Å². The lowest BCUT2D eigenvalue weighted by molar-refractivity contribution is -0.121. The fraction of sp³-hybridized carbons (Fsp3) is 0.381. The molecule has 0 bridgehead atoms. The number of carbonyl (C=O) groups excluding carboxylic acids is 1. The van der Waals surface area contributed by atoms with Gasteiger partial charge in [0.25, 0.3) is 0 Å². The van der Waals surface area contributed by atoms with Crippen LogP contribution in [-0.2, 0) is 11.3 Å². The lowest BCUT2D eigenvalue weighted by Crippen LogP contribution is -2.38. The van der Waals surface area contributed by atoms with E-state index >= 15 is 0 Å². The molecule has 1 amide bonds. The molecule has 1 aliphatic heterocycles. The number of anilines is 1. The van der Waals surface area contributed by atoms with Crippen molar-refractivity contribution in [1.29, 1.82) is 0 Å². The second-order valence-corrected chi connectivity index (χ2v) is 7.87. The Kier molecular flexibility index (Phi) is 6.69. The number of nitrogens with one attached hydrogen (secondary N) is 1. The summed E-state index contributed by atoms with van der Waals surface area (Å²) in [7, 11) is 0. The summed E-state index contributed by atoms with van der Waals surface area (Å²) in [5, 5.41) is 3.10. The van der Waals surface area contributed by atoms with E-state index in [1.165, 1.54) is 6.07 Å². The van der Waals surface area contributed by atoms with Crippen molar-refractivity contribution in [1.82, 2.24) is 4.90 Å². The van der Waals surface area contributed by atoms with E-state index in [1.54, 1.807) is 17.8 Å². The number of para-hydroxylation sites is 1. The van der Waals surface area contributed by atoms with Crippen molar-refractivity contribution in [2.45, 2.75) is 31.2 Å². The van der Waals surface area contributed by atoms with Crippen LogP contribution >= 0.6 is 11.8 Å². The fourth-order valence-corrected chi connectivity index (χ4v) is 4.07. The number of likely N-dealkylation sites (tertiary alicyclic amines) is 1. The maximum Gasteiger partial charge on any atom is 0.227 e. The molecule has 0 radical (unpaired) electrons. The minimum atomic E-state index is -0.155. The van der Waals surface area contributed by atoms with Crippen LogP contribution in [0.4, 0.5) is 10.1 Å². The van der Waals surface area contributed by atoms with Crippen molar-refractivity contribution in [2.24, 2.45) is 5.92 Å². The highest BCUT2D eigenvalue weighted by atomic mass is 32.2. The van der Waals surface area contributed by atoms with Crippen LogP contribution in [0, 0.1) is 11.7 Å². The van der Waals surface area contributed by atoms with Gasteiger partial charge in [-0.05, 0) is 49.9 Å². The minimum Gasteiger partial charge on any atom is -0.325 e. The molecule has 26 heavy (non-hydrogen) atoms. The molecule has 3 rings (SSSR count). The van der Waals surface area contributed by atoms with Crippen LogP contribution in [0.5, 0.6) is 0 Å². The number of benzene rings is 2. The molecule has 0 atom stereocenters. The van der Waals surface area contributed by atoms with Crippen LogP contribution in [0.1, 0.15) is 25.3 Å². The third-order valence-electron chi connectivity index (χ3n) is 4.75. The molecular weight excluding hydrogens is 347 g/mol. The summed E-state index contributed by atoms with van der Waals surface area (Å²) < 4.78 is 13.8. The van der Waals surface area contributed by atoms with Gasteiger partial charge in [0.05, 0.1) is 5.69 Å². The third kappa shape index (κ3) is 4.86. The summed E-state index contributed by atoms with van der Waals surface area (Å²) in [5.74, 6) is 0.935. The van der Waals surface area contributed by atoms with Gasteiger partial charge in [-0.25, -0.2) is 4.39 Å². The lowest BCUT2D eigenvalue weighted by Gasteiger charge is -2.31. The van der Waals surface area contributed by atoms with Crippen LogP contribution in [0.2, 0.25) is 0 Å². The Balaban J connectivity index is 1.53. The second-order valence-electron chi connectivity index (χ2n) is 6.56. The number of halogens is 1. The molecule has 1 fully saturated rings. The Hall–Kier alpha value is -1.85. The third-order valence-corrected chi connectivity index (χ3v) is 5.71. The minimum absolute atomic E-state index is 0.0200. The zero-order valence-corrected chi connectivity index (χ0v) is 15.9. The predicted molar refractivity (Wildman–Crippen MR) is 106 cm³/mol. The van der Waals surface area contributed by atoms with E-state index in [0.29, 0.717) is 6.54 Å². The maximum absolute atomic E-state index is 13.8. The van der Waals surface area contributed by atoms with E-state index in [-0.39, 0.29) is 17.6 Å². The van der Waals surface area contributed by atoms with Crippen molar-refractivity contribution in [2.75, 3.05) is 24.2 Å². The van der Waals surface area contributed by atoms with Gasteiger partial charge < -0.3 is 5.32 Å². The summed E-state index contributed by atoms with van der Waals surface area (Å²) >= 11 is 1.74. The van der Waals surface area contributed by atoms with Gasteiger partial charge in [0.15, 0.2) is 0 Å². The molecule has 2 aromatic rings. The number of hydrogen-bond donors (Lipinski definition) is 1. The first-order valence-electron chi connectivity index (χ1n) is 9.16. The van der Waals surface area contributed by atoms with Crippen molar-refractivity contribution in [3.63, 3.8) is 0 Å². The van der Waals surface area contributed by atoms with E-state index in [2.05, 4.69) is 17.1 Å². The van der Waals surface area contributed by atoms with Gasteiger partial charge in [-0.3, -0.25) is 9.69 Å². The molecule has 0 aliphatic carbocycles. The van der Waals surface area contributed by atoms with Gasteiger partial charge in [0.2, 0.25) is 5.91 Å². The van der Waals surface area contributed by atoms with Gasteiger partial charge in [-0.2, -0.15) is 0 Å². The molecule has 3 nitrogen and oxygen atoms in total. The summed E-state index contributed by atoms with van der Waals surface area (Å²) in [6.45, 7) is 4.35. The molecule has 1 heterocycles. The molecule has 0 aromatic heterocycles. The van der Waals surface area contributed by atoms with Gasteiger partial charge in [-0.15, -0.1) is 11.8 Å². The van der Waals surface area contributed by atoms with Gasteiger partial charge in [0, 0.05) is 22.9 Å². The largest absolute Gasteiger partial charge is 0.325 e. The van der Waals surface area contributed by atoms with E-state index in [9.17, 15) is 9.18 Å². The van der Waals surface area contributed by atoms with Crippen molar-refractivity contribution < 1.29 is 9.18 Å². The molecule has 0 spiro atoms. The predicted octanol–water partition coefficient (Wildman–Crippen LogP) is 4.79. The molecule has 2 aromatic carbocycles. The number of rotatable bonds is 6. The van der Waals surface area contributed by atoms with Crippen LogP contribution in [0.15, 0.2) is 53.4 Å². The maximum atomic E-state index is 13.8. The van der Waals surface area contributed by atoms with Crippen LogP contribution < -0.4 is 5.32 Å². The van der Waals surface area contributed by atoms with Crippen LogP contribution in [0.25, 0.3) is 0 Å². The molecule has 0 unspecified atom stereocenters. The Morgan fingerprint density at radius 1 is 1.15 bits per heavy atom. The summed E-state index contributed by atoms with van der Waals surface area (Å²) in [6.07, 6.45) is 1.62. The number of nitrogens with zero attached hydrogens (tertiary/aromatic N) is 1. The Morgan fingerprint density at radius 3 is 2.58 bits per heavy atom. The highest BCUT2D eigenvalue weighted by molar-refractivity contribution is 7.99. The SMILES string of the molecule is CCSc1ccccc1NC(=O)C1CCN(Cc2ccccc2F)CC1. The van der Waals surface area contributed by atoms with Crippen LogP contribution in [0.3, 0.4) is 0 Å².